The van der Waals surface area contributed by atoms with Crippen molar-refractivity contribution < 1.29 is 95.7 Å². The molecule has 0 heterocycles. The van der Waals surface area contributed by atoms with Crippen LogP contribution in [0.5, 0.6) is 5.75 Å². The Morgan fingerprint density at radius 3 is 2.16 bits per heavy atom. The van der Waals surface area contributed by atoms with Gasteiger partial charge in [0.1, 0.15) is 5.75 Å². The van der Waals surface area contributed by atoms with Gasteiger partial charge in [-0.05, 0) is 23.2 Å². The minimum Gasteiger partial charge on any atom is -0.768 e. The van der Waals surface area contributed by atoms with Gasteiger partial charge in [0.15, 0.2) is 0 Å². The van der Waals surface area contributed by atoms with E-state index in [1.54, 1.807) is 0 Å². The van der Waals surface area contributed by atoms with Crippen molar-refractivity contribution in [1.29, 1.82) is 0 Å². The maximum atomic E-state index is 11.9. The third-order valence-electron chi connectivity index (χ3n) is 1.58. The molecule has 1 rings (SSSR count). The van der Waals surface area contributed by atoms with Crippen LogP contribution in [0.3, 0.4) is 0 Å². The zero-order chi connectivity index (χ0) is 13.2. The first kappa shape index (κ1) is 21.7. The molecule has 0 saturated heterocycles. The van der Waals surface area contributed by atoms with E-state index in [4.69, 9.17) is 0 Å². The number of alkyl halides is 3. The quantitative estimate of drug-likeness (QED) is 0.410. The van der Waals surface area contributed by atoms with Gasteiger partial charge in [0.2, 0.25) is 0 Å². The number of rotatable bonds is 3. The van der Waals surface area contributed by atoms with Crippen LogP contribution in [-0.2, 0) is 11.1 Å². The van der Waals surface area contributed by atoms with Gasteiger partial charge in [-0.15, -0.1) is 13.2 Å². The fourth-order valence-corrected chi connectivity index (χ4v) is 1.42. The molecule has 0 radical (unpaired) electrons. The Balaban J connectivity index is 0. The molecular weight excluding hydrogens is 311 g/mol. The maximum Gasteiger partial charge on any atom is 1.00 e. The van der Waals surface area contributed by atoms with Crippen molar-refractivity contribution in [2.45, 2.75) is 11.3 Å². The van der Waals surface area contributed by atoms with Gasteiger partial charge in [-0.25, -0.2) is 0 Å². The number of carboxylic acids is 1. The predicted molar refractivity (Wildman–Crippen MR) is 44.6 cm³/mol. The van der Waals surface area contributed by atoms with E-state index in [0.29, 0.717) is 12.1 Å². The average molecular weight is 314 g/mol. The van der Waals surface area contributed by atoms with Crippen molar-refractivity contribution in [3.05, 3.63) is 23.8 Å². The molecule has 0 saturated carbocycles. The van der Waals surface area contributed by atoms with Crippen LogP contribution in [0, 0.1) is 0 Å². The van der Waals surface area contributed by atoms with Gasteiger partial charge in [0.25, 0.3) is 0 Å². The van der Waals surface area contributed by atoms with E-state index in [1.165, 1.54) is 0 Å². The molecule has 0 aromatic heterocycles. The largest absolute Gasteiger partial charge is 1.00 e. The van der Waals surface area contributed by atoms with Crippen LogP contribution >= 0.6 is 0 Å². The zero-order valence-electron chi connectivity index (χ0n) is 9.82. The van der Waals surface area contributed by atoms with E-state index < -0.39 is 39.6 Å². The van der Waals surface area contributed by atoms with Crippen LogP contribution in [0.4, 0.5) is 13.2 Å². The molecule has 0 fully saturated rings. The summed E-state index contributed by atoms with van der Waals surface area (Å²) in [5.74, 6) is -2.87. The molecule has 0 amide bonds. The number of ether oxygens (including phenoxy) is 1. The average Bonchev–Trinajstić information content (AvgIpc) is 2.14. The van der Waals surface area contributed by atoms with Crippen molar-refractivity contribution in [2.75, 3.05) is 0 Å². The van der Waals surface area contributed by atoms with E-state index in [-0.39, 0.29) is 59.1 Å². The van der Waals surface area contributed by atoms with Gasteiger partial charge in [0.05, 0.1) is 10.9 Å². The summed E-state index contributed by atoms with van der Waals surface area (Å²) < 4.78 is 60.4. The summed E-state index contributed by atoms with van der Waals surface area (Å²) in [5, 5.41) is 10.4. The standard InChI is InChI=1S/C8H5F3O5S.2Na/c9-8(10,11)16-5-3-4(7(12)13)1-2-6(5)17(14)15;;/h1-3H,(H,12,13)(H,14,15);;/q;2*+1/p-2. The molecule has 1 unspecified atom stereocenters. The molecule has 1 aromatic rings. The number of hydrogen-bond acceptors (Lipinski definition) is 5. The van der Waals surface area contributed by atoms with Gasteiger partial charge >= 0.3 is 65.5 Å². The van der Waals surface area contributed by atoms with Crippen LogP contribution in [0.15, 0.2) is 23.1 Å². The van der Waals surface area contributed by atoms with Gasteiger partial charge < -0.3 is 19.2 Å². The van der Waals surface area contributed by atoms with Crippen LogP contribution in [0.2, 0.25) is 0 Å². The fraction of sp³-hybridized carbons (Fsp3) is 0.125. The minimum atomic E-state index is -5.13. The molecule has 5 nitrogen and oxygen atoms in total. The van der Waals surface area contributed by atoms with Crippen molar-refractivity contribution in [3.8, 4) is 5.75 Å². The molecule has 94 valence electrons. The number of aromatic carboxylic acids is 1. The summed E-state index contributed by atoms with van der Waals surface area (Å²) in [5.41, 5.74) is -0.626. The Morgan fingerprint density at radius 1 is 1.26 bits per heavy atom. The molecule has 0 aliphatic rings. The number of hydrogen-bond donors (Lipinski definition) is 0. The van der Waals surface area contributed by atoms with Crippen molar-refractivity contribution in [3.63, 3.8) is 0 Å². The summed E-state index contributed by atoms with van der Waals surface area (Å²) in [6.07, 6.45) is -5.13. The second-order valence-corrected chi connectivity index (χ2v) is 3.64. The SMILES string of the molecule is O=C([O-])c1ccc(S(=O)[O-])c(OC(F)(F)F)c1.[Na+].[Na+]. The zero-order valence-corrected chi connectivity index (χ0v) is 14.6. The fourth-order valence-electron chi connectivity index (χ4n) is 0.977. The van der Waals surface area contributed by atoms with Crippen LogP contribution in [0.1, 0.15) is 10.4 Å². The monoisotopic (exact) mass is 314 g/mol. The van der Waals surface area contributed by atoms with Crippen molar-refractivity contribution in [2.24, 2.45) is 0 Å². The third-order valence-corrected chi connectivity index (χ3v) is 2.28. The summed E-state index contributed by atoms with van der Waals surface area (Å²) in [6, 6.07) is 1.90. The number of halogens is 3. The van der Waals surface area contributed by atoms with Crippen LogP contribution in [-0.4, -0.2) is 21.1 Å². The van der Waals surface area contributed by atoms with E-state index in [0.717, 1.165) is 6.07 Å². The first-order valence-corrected chi connectivity index (χ1v) is 4.98. The van der Waals surface area contributed by atoms with Crippen LogP contribution in [0.25, 0.3) is 0 Å². The third kappa shape index (κ3) is 7.09. The second-order valence-electron chi connectivity index (χ2n) is 2.73. The van der Waals surface area contributed by atoms with Gasteiger partial charge in [0, 0.05) is 5.56 Å². The van der Waals surface area contributed by atoms with Crippen LogP contribution < -0.4 is 69.0 Å². The van der Waals surface area contributed by atoms with E-state index >= 15 is 0 Å². The molecule has 1 atom stereocenters. The Morgan fingerprint density at radius 2 is 1.79 bits per heavy atom. The number of carboxylic acid groups (broad SMARTS) is 1. The molecule has 0 aliphatic heterocycles. The molecule has 19 heavy (non-hydrogen) atoms. The normalized spacial score (nSPS) is 11.8. The molecule has 11 heteroatoms. The minimum absolute atomic E-state index is 0. The molecular formula is C8H3F3Na2O5S. The maximum absolute atomic E-state index is 11.9. The van der Waals surface area contributed by atoms with E-state index in [1.807, 2.05) is 0 Å². The molecule has 1 aromatic carbocycles. The van der Waals surface area contributed by atoms with E-state index in [9.17, 15) is 31.8 Å². The summed E-state index contributed by atoms with van der Waals surface area (Å²) in [6.45, 7) is 0. The molecule has 0 spiro atoms. The predicted octanol–water partition coefficient (Wildman–Crippen LogP) is -5.81. The van der Waals surface area contributed by atoms with Crippen molar-refractivity contribution in [1.82, 2.24) is 0 Å². The van der Waals surface area contributed by atoms with Gasteiger partial charge in [-0.3, -0.25) is 4.21 Å². The first-order valence-electron chi connectivity index (χ1n) is 3.91. The second kappa shape index (κ2) is 8.63. The van der Waals surface area contributed by atoms with Gasteiger partial charge in [-0.2, -0.15) is 0 Å². The Labute approximate surface area is 152 Å². The van der Waals surface area contributed by atoms with E-state index in [2.05, 4.69) is 4.74 Å². The topological polar surface area (TPSA) is 89.5 Å². The molecule has 0 N–H and O–H groups in total. The molecule has 0 bridgehead atoms. The smallest absolute Gasteiger partial charge is 0.768 e. The number of carbonyl (C=O) groups is 1. The Bertz CT molecular complexity index is 480. The Hall–Kier alpha value is 0.390. The summed E-state index contributed by atoms with van der Waals surface area (Å²) in [4.78, 5) is 9.60. The van der Waals surface area contributed by atoms with Gasteiger partial charge in [-0.1, -0.05) is 6.07 Å². The number of benzene rings is 1. The number of carbonyl (C=O) groups excluding carboxylic acids is 1. The summed E-state index contributed by atoms with van der Waals surface area (Å²) >= 11 is -2.99. The summed E-state index contributed by atoms with van der Waals surface area (Å²) in [7, 11) is 0. The Kier molecular flexibility index (Phi) is 9.85. The molecule has 0 aliphatic carbocycles. The van der Waals surface area contributed by atoms with Crippen molar-refractivity contribution >= 4 is 17.0 Å². The first-order chi connectivity index (χ1) is 7.70.